The van der Waals surface area contributed by atoms with Gasteiger partial charge >= 0.3 is 0 Å². The highest BCUT2D eigenvalue weighted by molar-refractivity contribution is 7.99. The number of allylic oxidation sites excluding steroid dienone is 1. The topological polar surface area (TPSA) is 12.0 Å². The Kier molecular flexibility index (Phi) is 7.06. The Morgan fingerprint density at radius 3 is 2.72 bits per heavy atom. The fourth-order valence-electron chi connectivity index (χ4n) is 1.64. The highest BCUT2D eigenvalue weighted by Gasteiger charge is 2.07. The first-order chi connectivity index (χ1) is 8.63. The van der Waals surface area contributed by atoms with Crippen molar-refractivity contribution < 1.29 is 4.39 Å². The third-order valence-corrected chi connectivity index (χ3v) is 3.61. The molecule has 0 spiro atoms. The molecule has 1 nitrogen and oxygen atoms in total. The third-order valence-electron chi connectivity index (χ3n) is 2.45. The van der Waals surface area contributed by atoms with Crippen molar-refractivity contribution >= 4 is 11.8 Å². The molecule has 0 aliphatic heterocycles. The van der Waals surface area contributed by atoms with Crippen molar-refractivity contribution in [3.63, 3.8) is 0 Å². The van der Waals surface area contributed by atoms with E-state index in [-0.39, 0.29) is 5.82 Å². The van der Waals surface area contributed by atoms with E-state index >= 15 is 0 Å². The molecule has 1 N–H and O–H groups in total. The highest BCUT2D eigenvalue weighted by Crippen LogP contribution is 2.22. The number of halogens is 1. The van der Waals surface area contributed by atoms with Crippen molar-refractivity contribution in [1.29, 1.82) is 0 Å². The zero-order chi connectivity index (χ0) is 13.4. The van der Waals surface area contributed by atoms with Crippen LogP contribution < -0.4 is 5.32 Å². The molecule has 1 rings (SSSR count). The summed E-state index contributed by atoms with van der Waals surface area (Å²) < 4.78 is 13.5. The normalized spacial score (nSPS) is 12.2. The van der Waals surface area contributed by atoms with E-state index in [4.69, 9.17) is 0 Å². The van der Waals surface area contributed by atoms with E-state index in [1.54, 1.807) is 17.8 Å². The summed E-state index contributed by atoms with van der Waals surface area (Å²) in [5, 5.41) is 3.47. The van der Waals surface area contributed by atoms with Gasteiger partial charge in [-0.25, -0.2) is 4.39 Å². The van der Waals surface area contributed by atoms with Gasteiger partial charge in [-0.2, -0.15) is 0 Å². The molecule has 1 aromatic carbocycles. The molecule has 1 aromatic rings. The van der Waals surface area contributed by atoms with Crippen molar-refractivity contribution in [2.75, 3.05) is 12.3 Å². The molecule has 0 radical (unpaired) electrons. The second-order valence-corrected chi connectivity index (χ2v) is 5.61. The summed E-state index contributed by atoms with van der Waals surface area (Å²) in [6, 6.07) is 7.25. The van der Waals surface area contributed by atoms with Gasteiger partial charge in [0, 0.05) is 16.7 Å². The zero-order valence-electron chi connectivity index (χ0n) is 11.4. The van der Waals surface area contributed by atoms with Crippen LogP contribution in [0.5, 0.6) is 0 Å². The summed E-state index contributed by atoms with van der Waals surface area (Å²) in [6.07, 6.45) is 3.32. The van der Waals surface area contributed by atoms with Gasteiger partial charge in [0.1, 0.15) is 5.82 Å². The van der Waals surface area contributed by atoms with Crippen LogP contribution in [0.1, 0.15) is 27.2 Å². The summed E-state index contributed by atoms with van der Waals surface area (Å²) in [6.45, 7) is 7.33. The van der Waals surface area contributed by atoms with Gasteiger partial charge in [0.05, 0.1) is 0 Å². The summed E-state index contributed by atoms with van der Waals surface area (Å²) >= 11 is 1.57. The standard InChI is InChI=1S/C15H22FNS/c1-4-9-17-13(10-12(2)3)11-18-15-8-6-5-7-14(15)16/h5-8,10,13,17H,4,9,11H2,1-3H3. The number of hydrogen-bond acceptors (Lipinski definition) is 2. The van der Waals surface area contributed by atoms with Gasteiger partial charge in [-0.1, -0.05) is 30.7 Å². The maximum absolute atomic E-state index is 13.5. The summed E-state index contributed by atoms with van der Waals surface area (Å²) in [7, 11) is 0. The second-order valence-electron chi connectivity index (χ2n) is 4.55. The third kappa shape index (κ3) is 5.69. The van der Waals surface area contributed by atoms with Crippen LogP contribution in [0.25, 0.3) is 0 Å². The number of benzene rings is 1. The van der Waals surface area contributed by atoms with E-state index in [1.165, 1.54) is 11.6 Å². The molecule has 0 bridgehead atoms. The van der Waals surface area contributed by atoms with E-state index in [0.717, 1.165) is 23.6 Å². The number of nitrogens with one attached hydrogen (secondary N) is 1. The first kappa shape index (κ1) is 15.3. The lowest BCUT2D eigenvalue weighted by Crippen LogP contribution is -2.30. The minimum absolute atomic E-state index is 0.131. The largest absolute Gasteiger partial charge is 0.310 e. The zero-order valence-corrected chi connectivity index (χ0v) is 12.2. The van der Waals surface area contributed by atoms with Crippen LogP contribution in [0.15, 0.2) is 40.8 Å². The van der Waals surface area contributed by atoms with Crippen molar-refractivity contribution in [1.82, 2.24) is 5.32 Å². The molecule has 0 saturated carbocycles. The molecular formula is C15H22FNS. The highest BCUT2D eigenvalue weighted by atomic mass is 32.2. The van der Waals surface area contributed by atoms with Crippen molar-refractivity contribution in [3.8, 4) is 0 Å². The van der Waals surface area contributed by atoms with Gasteiger partial charge in [0.15, 0.2) is 0 Å². The smallest absolute Gasteiger partial charge is 0.136 e. The second kappa shape index (κ2) is 8.33. The van der Waals surface area contributed by atoms with Gasteiger partial charge < -0.3 is 5.32 Å². The van der Waals surface area contributed by atoms with E-state index in [9.17, 15) is 4.39 Å². The lowest BCUT2D eigenvalue weighted by molar-refractivity contribution is 0.600. The van der Waals surface area contributed by atoms with Crippen LogP contribution in [-0.4, -0.2) is 18.3 Å². The van der Waals surface area contributed by atoms with Crippen LogP contribution in [0.2, 0.25) is 0 Å². The monoisotopic (exact) mass is 267 g/mol. The Morgan fingerprint density at radius 1 is 1.39 bits per heavy atom. The predicted octanol–water partition coefficient (Wildman–Crippen LogP) is 4.25. The first-order valence-electron chi connectivity index (χ1n) is 6.39. The van der Waals surface area contributed by atoms with Gasteiger partial charge in [0.25, 0.3) is 0 Å². The van der Waals surface area contributed by atoms with Crippen molar-refractivity contribution in [3.05, 3.63) is 41.7 Å². The molecule has 1 unspecified atom stereocenters. The fraction of sp³-hybridized carbons (Fsp3) is 0.467. The lowest BCUT2D eigenvalue weighted by atomic mass is 10.2. The average Bonchev–Trinajstić information content (AvgIpc) is 2.34. The molecule has 18 heavy (non-hydrogen) atoms. The molecule has 1 atom stereocenters. The van der Waals surface area contributed by atoms with Gasteiger partial charge in [-0.15, -0.1) is 11.8 Å². The molecule has 0 amide bonds. The van der Waals surface area contributed by atoms with Crippen molar-refractivity contribution in [2.24, 2.45) is 0 Å². The summed E-state index contributed by atoms with van der Waals surface area (Å²) in [5.74, 6) is 0.723. The lowest BCUT2D eigenvalue weighted by Gasteiger charge is -2.15. The minimum atomic E-state index is -0.131. The molecule has 3 heteroatoms. The maximum atomic E-state index is 13.5. The van der Waals surface area contributed by atoms with Crippen LogP contribution in [0.3, 0.4) is 0 Å². The van der Waals surface area contributed by atoms with Crippen LogP contribution >= 0.6 is 11.8 Å². The molecule has 0 aromatic heterocycles. The molecule has 100 valence electrons. The van der Waals surface area contributed by atoms with Crippen LogP contribution in [-0.2, 0) is 0 Å². The Hall–Kier alpha value is -0.800. The fourth-order valence-corrected chi connectivity index (χ4v) is 2.59. The Bertz CT molecular complexity index is 386. The van der Waals surface area contributed by atoms with Gasteiger partial charge in [-0.3, -0.25) is 0 Å². The van der Waals surface area contributed by atoms with Gasteiger partial charge in [-0.05, 0) is 38.9 Å². The molecule has 0 saturated heterocycles. The molecular weight excluding hydrogens is 245 g/mol. The minimum Gasteiger partial charge on any atom is -0.310 e. The van der Waals surface area contributed by atoms with E-state index in [1.807, 2.05) is 12.1 Å². The summed E-state index contributed by atoms with van der Waals surface area (Å²) in [4.78, 5) is 0.725. The number of rotatable bonds is 7. The Balaban J connectivity index is 2.56. The number of thioether (sulfide) groups is 1. The van der Waals surface area contributed by atoms with Crippen LogP contribution in [0.4, 0.5) is 4.39 Å². The van der Waals surface area contributed by atoms with E-state index < -0.39 is 0 Å². The average molecular weight is 267 g/mol. The van der Waals surface area contributed by atoms with Crippen molar-refractivity contribution in [2.45, 2.75) is 38.1 Å². The SMILES string of the molecule is CCCNC(C=C(C)C)CSc1ccccc1F. The van der Waals surface area contributed by atoms with E-state index in [2.05, 4.69) is 32.2 Å². The Labute approximate surface area is 114 Å². The summed E-state index contributed by atoms with van der Waals surface area (Å²) in [5.41, 5.74) is 1.29. The van der Waals surface area contributed by atoms with E-state index in [0.29, 0.717) is 6.04 Å². The molecule has 0 heterocycles. The number of hydrogen-bond donors (Lipinski definition) is 1. The predicted molar refractivity (Wildman–Crippen MR) is 78.6 cm³/mol. The first-order valence-corrected chi connectivity index (χ1v) is 7.37. The molecule has 0 aliphatic carbocycles. The quantitative estimate of drug-likeness (QED) is 0.585. The maximum Gasteiger partial charge on any atom is 0.136 e. The van der Waals surface area contributed by atoms with Crippen LogP contribution in [0, 0.1) is 5.82 Å². The van der Waals surface area contributed by atoms with Gasteiger partial charge in [0.2, 0.25) is 0 Å². The molecule has 0 aliphatic rings. The Morgan fingerprint density at radius 2 is 2.11 bits per heavy atom. The molecule has 0 fully saturated rings.